The van der Waals surface area contributed by atoms with E-state index in [1.165, 1.54) is 31.2 Å². The van der Waals surface area contributed by atoms with Gasteiger partial charge in [0.1, 0.15) is 0 Å². The summed E-state index contributed by atoms with van der Waals surface area (Å²) < 4.78 is 0. The van der Waals surface area contributed by atoms with Crippen molar-refractivity contribution in [2.75, 3.05) is 0 Å². The molecule has 1 aliphatic carbocycles. The van der Waals surface area contributed by atoms with Gasteiger partial charge in [-0.1, -0.05) is 39.0 Å². The lowest BCUT2D eigenvalue weighted by molar-refractivity contribution is 0.101. The van der Waals surface area contributed by atoms with Crippen LogP contribution in [0.2, 0.25) is 0 Å². The summed E-state index contributed by atoms with van der Waals surface area (Å²) in [5.74, 6) is 1.67. The smallest absolute Gasteiger partial charge is 0.159 e. The Morgan fingerprint density at radius 3 is 2.26 bits per heavy atom. The van der Waals surface area contributed by atoms with Crippen molar-refractivity contribution < 1.29 is 4.79 Å². The van der Waals surface area contributed by atoms with Crippen molar-refractivity contribution in [3.05, 3.63) is 35.4 Å². The van der Waals surface area contributed by atoms with E-state index in [1.807, 2.05) is 12.1 Å². The predicted octanol–water partition coefficient (Wildman–Crippen LogP) is 5.21. The zero-order valence-electron chi connectivity index (χ0n) is 12.7. The van der Waals surface area contributed by atoms with E-state index in [2.05, 4.69) is 32.9 Å². The average Bonchev–Trinajstić information content (AvgIpc) is 2.38. The highest BCUT2D eigenvalue weighted by atomic mass is 16.1. The fraction of sp³-hybridized carbons (Fsp3) is 0.611. The number of carbonyl (C=O) groups excluding carboxylic acids is 1. The Bertz CT molecular complexity index is 445. The summed E-state index contributed by atoms with van der Waals surface area (Å²) in [5, 5.41) is 0. The lowest BCUT2D eigenvalue weighted by atomic mass is 9.68. The second-order valence-electron chi connectivity index (χ2n) is 7.10. The maximum Gasteiger partial charge on any atom is 0.159 e. The van der Waals surface area contributed by atoms with Crippen LogP contribution in [0, 0.1) is 11.3 Å². The zero-order valence-corrected chi connectivity index (χ0v) is 12.7. The van der Waals surface area contributed by atoms with E-state index in [0.29, 0.717) is 11.3 Å². The number of hydrogen-bond acceptors (Lipinski definition) is 1. The van der Waals surface area contributed by atoms with Crippen molar-refractivity contribution in [2.24, 2.45) is 11.3 Å². The van der Waals surface area contributed by atoms with Crippen LogP contribution in [0.25, 0.3) is 0 Å². The summed E-state index contributed by atoms with van der Waals surface area (Å²) in [4.78, 5) is 11.5. The van der Waals surface area contributed by atoms with E-state index in [1.54, 1.807) is 6.92 Å². The highest BCUT2D eigenvalue weighted by molar-refractivity contribution is 5.94. The molecule has 104 valence electrons. The highest BCUT2D eigenvalue weighted by Crippen LogP contribution is 2.43. The highest BCUT2D eigenvalue weighted by Gasteiger charge is 2.30. The second kappa shape index (κ2) is 5.48. The van der Waals surface area contributed by atoms with Crippen LogP contribution in [0.1, 0.15) is 75.2 Å². The maximum atomic E-state index is 11.5. The van der Waals surface area contributed by atoms with Gasteiger partial charge in [-0.3, -0.25) is 4.79 Å². The molecule has 2 rings (SSSR count). The molecule has 0 N–H and O–H groups in total. The van der Waals surface area contributed by atoms with E-state index in [0.717, 1.165) is 11.5 Å². The van der Waals surface area contributed by atoms with E-state index in [9.17, 15) is 4.79 Å². The normalized spacial score (nSPS) is 24.2. The van der Waals surface area contributed by atoms with Crippen molar-refractivity contribution in [2.45, 2.75) is 59.3 Å². The minimum absolute atomic E-state index is 0.172. The van der Waals surface area contributed by atoms with Crippen LogP contribution < -0.4 is 0 Å². The van der Waals surface area contributed by atoms with Gasteiger partial charge in [0.15, 0.2) is 5.78 Å². The van der Waals surface area contributed by atoms with Gasteiger partial charge in [-0.15, -0.1) is 0 Å². The average molecular weight is 258 g/mol. The van der Waals surface area contributed by atoms with Gasteiger partial charge in [0.2, 0.25) is 0 Å². The molecule has 1 nitrogen and oxygen atoms in total. The number of benzene rings is 1. The molecule has 0 aliphatic heterocycles. The third-order valence-corrected chi connectivity index (χ3v) is 4.72. The van der Waals surface area contributed by atoms with Gasteiger partial charge >= 0.3 is 0 Å². The number of rotatable bonds is 2. The second-order valence-corrected chi connectivity index (χ2v) is 7.10. The summed E-state index contributed by atoms with van der Waals surface area (Å²) in [6, 6.07) is 8.24. The Labute approximate surface area is 117 Å². The lowest BCUT2D eigenvalue weighted by Crippen LogP contribution is -2.25. The van der Waals surface area contributed by atoms with Crippen molar-refractivity contribution in [3.8, 4) is 0 Å². The molecule has 0 saturated heterocycles. The summed E-state index contributed by atoms with van der Waals surface area (Å²) >= 11 is 0. The van der Waals surface area contributed by atoms with E-state index in [-0.39, 0.29) is 5.78 Å². The largest absolute Gasteiger partial charge is 0.295 e. The van der Waals surface area contributed by atoms with Crippen LogP contribution >= 0.6 is 0 Å². The summed E-state index contributed by atoms with van der Waals surface area (Å²) in [6.45, 7) is 8.71. The topological polar surface area (TPSA) is 17.1 Å². The van der Waals surface area contributed by atoms with Crippen LogP contribution in [0.3, 0.4) is 0 Å². The molecular formula is C18H26O. The number of ketones is 1. The van der Waals surface area contributed by atoms with Crippen LogP contribution in [-0.4, -0.2) is 5.78 Å². The van der Waals surface area contributed by atoms with Crippen LogP contribution in [-0.2, 0) is 0 Å². The number of carbonyl (C=O) groups is 1. The van der Waals surface area contributed by atoms with Crippen molar-refractivity contribution in [1.82, 2.24) is 0 Å². The predicted molar refractivity (Wildman–Crippen MR) is 80.6 cm³/mol. The Morgan fingerprint density at radius 2 is 1.74 bits per heavy atom. The Hall–Kier alpha value is -1.11. The molecule has 1 saturated carbocycles. The molecule has 0 radical (unpaired) electrons. The first kappa shape index (κ1) is 14.3. The van der Waals surface area contributed by atoms with E-state index in [4.69, 9.17) is 0 Å². The van der Waals surface area contributed by atoms with E-state index < -0.39 is 0 Å². The Kier molecular flexibility index (Phi) is 4.13. The quantitative estimate of drug-likeness (QED) is 0.665. The van der Waals surface area contributed by atoms with E-state index >= 15 is 0 Å². The molecule has 0 amide bonds. The van der Waals surface area contributed by atoms with Gasteiger partial charge in [-0.25, -0.2) is 0 Å². The number of hydrogen-bond donors (Lipinski definition) is 0. The molecule has 19 heavy (non-hydrogen) atoms. The molecule has 0 heterocycles. The molecule has 1 fully saturated rings. The summed E-state index contributed by atoms with van der Waals surface area (Å²) in [7, 11) is 0. The van der Waals surface area contributed by atoms with Gasteiger partial charge in [-0.2, -0.15) is 0 Å². The maximum absolute atomic E-state index is 11.5. The molecular weight excluding hydrogens is 232 g/mol. The van der Waals surface area contributed by atoms with Crippen LogP contribution in [0.15, 0.2) is 24.3 Å². The van der Waals surface area contributed by atoms with Gasteiger partial charge < -0.3 is 0 Å². The van der Waals surface area contributed by atoms with Crippen molar-refractivity contribution in [1.29, 1.82) is 0 Å². The molecule has 0 aromatic heterocycles. The van der Waals surface area contributed by atoms with Gasteiger partial charge in [-0.05, 0) is 61.5 Å². The van der Waals surface area contributed by atoms with Crippen molar-refractivity contribution in [3.63, 3.8) is 0 Å². The first-order valence-corrected chi connectivity index (χ1v) is 7.49. The van der Waals surface area contributed by atoms with Gasteiger partial charge in [0.25, 0.3) is 0 Å². The Morgan fingerprint density at radius 1 is 1.11 bits per heavy atom. The van der Waals surface area contributed by atoms with Gasteiger partial charge in [0, 0.05) is 5.56 Å². The molecule has 0 spiro atoms. The fourth-order valence-corrected chi connectivity index (χ4v) is 3.30. The number of Topliss-reactive ketones (excluding diaryl/α,β-unsaturated/α-hetero) is 1. The molecule has 0 unspecified atom stereocenters. The minimum atomic E-state index is 0.172. The third kappa shape index (κ3) is 3.46. The molecule has 1 aromatic rings. The molecule has 1 aliphatic rings. The first-order chi connectivity index (χ1) is 8.88. The molecule has 1 aromatic carbocycles. The van der Waals surface area contributed by atoms with Crippen molar-refractivity contribution >= 4 is 5.78 Å². The van der Waals surface area contributed by atoms with Crippen LogP contribution in [0.5, 0.6) is 0 Å². The zero-order chi connectivity index (χ0) is 14.0. The monoisotopic (exact) mass is 258 g/mol. The molecule has 0 atom stereocenters. The summed E-state index contributed by atoms with van der Waals surface area (Å²) in [5.41, 5.74) is 2.65. The standard InChI is InChI=1S/C18H26O/c1-13(19)15-6-5-7-16(12-15)14-8-10-17(11-9-14)18(2,3)4/h5-7,12,14,17H,8-11H2,1-4H3. The summed E-state index contributed by atoms with van der Waals surface area (Å²) in [6.07, 6.45) is 5.17. The third-order valence-electron chi connectivity index (χ3n) is 4.72. The minimum Gasteiger partial charge on any atom is -0.295 e. The SMILES string of the molecule is CC(=O)c1cccc(C2CCC(C(C)(C)C)CC2)c1. The Balaban J connectivity index is 2.05. The lowest BCUT2D eigenvalue weighted by Gasteiger charge is -2.37. The fourth-order valence-electron chi connectivity index (χ4n) is 3.30. The van der Waals surface area contributed by atoms with Gasteiger partial charge in [0.05, 0.1) is 0 Å². The first-order valence-electron chi connectivity index (χ1n) is 7.49. The molecule has 0 bridgehead atoms. The van der Waals surface area contributed by atoms with Crippen LogP contribution in [0.4, 0.5) is 0 Å². The molecule has 1 heteroatoms.